The van der Waals surface area contributed by atoms with Gasteiger partial charge < -0.3 is 28.2 Å². The third kappa shape index (κ3) is 11.7. The molecule has 0 bridgehead atoms. The van der Waals surface area contributed by atoms with Crippen LogP contribution >= 0.6 is 34.2 Å². The number of Topliss-reactive ketones (excluding diaryl/α,β-unsaturated/α-hetero) is 1. The van der Waals surface area contributed by atoms with Crippen LogP contribution in [0.2, 0.25) is 36.3 Å². The van der Waals surface area contributed by atoms with Crippen LogP contribution in [0.5, 0.6) is 0 Å². The number of methoxy groups -OCH3 is 1. The van der Waals surface area contributed by atoms with Crippen molar-refractivity contribution in [3.8, 4) is 11.8 Å². The van der Waals surface area contributed by atoms with Crippen molar-refractivity contribution in [1.29, 1.82) is 0 Å². The number of ether oxygens (including phenoxy) is 3. The van der Waals surface area contributed by atoms with E-state index in [1.807, 2.05) is 0 Å². The van der Waals surface area contributed by atoms with Crippen LogP contribution in [0.25, 0.3) is 0 Å². The van der Waals surface area contributed by atoms with Crippen molar-refractivity contribution in [1.82, 2.24) is 0 Å². The second-order valence-electron chi connectivity index (χ2n) is 15.4. The number of carbonyl (C=O) groups is 2. The van der Waals surface area contributed by atoms with Gasteiger partial charge in [0.1, 0.15) is 30.5 Å². The first-order valence-electron chi connectivity index (χ1n) is 15.9. The van der Waals surface area contributed by atoms with E-state index >= 15 is 0 Å². The summed E-state index contributed by atoms with van der Waals surface area (Å²) in [4.78, 5) is 24.9. The van der Waals surface area contributed by atoms with Crippen LogP contribution in [0.15, 0.2) is 10.2 Å². The second kappa shape index (κ2) is 16.4. The molecule has 0 saturated carbocycles. The van der Waals surface area contributed by atoms with Crippen LogP contribution in [-0.4, -0.2) is 88.7 Å². The Kier molecular flexibility index (Phi) is 14.9. The number of carbonyl (C=O) groups excluding carboxylic acids is 2. The fourth-order valence-electron chi connectivity index (χ4n) is 4.88. The van der Waals surface area contributed by atoms with Gasteiger partial charge in [0, 0.05) is 11.8 Å². The lowest BCUT2D eigenvalue weighted by molar-refractivity contribution is -0.267. The number of fused-ring (bicyclic) bond motifs is 1. The first-order valence-corrected chi connectivity index (χ1v) is 23.3. The number of esters is 1. The van der Waals surface area contributed by atoms with Gasteiger partial charge in [0.05, 0.1) is 25.7 Å². The second-order valence-corrected chi connectivity index (χ2v) is 27.1. The third-order valence-corrected chi connectivity index (χ3v) is 19.4. The molecule has 0 aromatic heterocycles. The minimum atomic E-state index is -2.46. The van der Waals surface area contributed by atoms with E-state index in [9.17, 15) is 14.7 Å². The molecular formula is C33H56ClIO8Si2. The molecule has 1 N–H and O–H groups in total. The van der Waals surface area contributed by atoms with E-state index in [1.54, 1.807) is 0 Å². The number of hydrogen-bond donors (Lipinski definition) is 1. The molecule has 2 rings (SSSR count). The van der Waals surface area contributed by atoms with Gasteiger partial charge in [-0.2, -0.15) is 0 Å². The molecule has 12 heteroatoms. The van der Waals surface area contributed by atoms with Crippen molar-refractivity contribution in [2.24, 2.45) is 0 Å². The molecule has 0 radical (unpaired) electrons. The molecule has 8 nitrogen and oxygen atoms in total. The van der Waals surface area contributed by atoms with Crippen LogP contribution in [0.1, 0.15) is 80.1 Å². The van der Waals surface area contributed by atoms with Gasteiger partial charge in [-0.3, -0.25) is 9.59 Å². The van der Waals surface area contributed by atoms with Crippen molar-refractivity contribution >= 4 is 62.6 Å². The average Bonchev–Trinajstić information content (AvgIpc) is 2.89. The van der Waals surface area contributed by atoms with Crippen LogP contribution in [0.4, 0.5) is 0 Å². The van der Waals surface area contributed by atoms with Gasteiger partial charge in [0.25, 0.3) is 0 Å². The van der Waals surface area contributed by atoms with E-state index in [1.165, 1.54) is 7.11 Å². The number of hydrogen-bond acceptors (Lipinski definition) is 8. The van der Waals surface area contributed by atoms with Gasteiger partial charge in [-0.1, -0.05) is 54.0 Å². The third-order valence-electron chi connectivity index (χ3n) is 9.69. The summed E-state index contributed by atoms with van der Waals surface area (Å²) >= 11 is 8.47. The largest absolute Gasteiger partial charge is 0.469 e. The van der Waals surface area contributed by atoms with Gasteiger partial charge in [0.15, 0.2) is 16.6 Å². The summed E-state index contributed by atoms with van der Waals surface area (Å²) in [7, 11) is -3.49. The molecule has 0 amide bonds. The molecule has 258 valence electrons. The van der Waals surface area contributed by atoms with Crippen molar-refractivity contribution in [2.75, 3.05) is 7.11 Å². The van der Waals surface area contributed by atoms with Gasteiger partial charge in [0.2, 0.25) is 5.78 Å². The summed E-state index contributed by atoms with van der Waals surface area (Å²) in [5, 5.41) is 11.1. The Bertz CT molecular complexity index is 1110. The molecule has 0 aromatic carbocycles. The monoisotopic (exact) mass is 798 g/mol. The van der Waals surface area contributed by atoms with E-state index in [0.29, 0.717) is 25.7 Å². The van der Waals surface area contributed by atoms with E-state index in [4.69, 9.17) is 34.7 Å². The van der Waals surface area contributed by atoms with Gasteiger partial charge in [-0.05, 0) is 94.0 Å². The summed E-state index contributed by atoms with van der Waals surface area (Å²) in [6.07, 6.45) is -2.17. The molecule has 0 aliphatic carbocycles. The highest BCUT2D eigenvalue weighted by Crippen LogP contribution is 2.45. The highest BCUT2D eigenvalue weighted by molar-refractivity contribution is 14.1. The number of allylic oxidation sites excluding steroid dienone is 1. The van der Waals surface area contributed by atoms with Gasteiger partial charge in [-0.15, -0.1) is 11.6 Å². The summed E-state index contributed by atoms with van der Waals surface area (Å²) < 4.78 is 33.2. The van der Waals surface area contributed by atoms with E-state index in [-0.39, 0.29) is 46.2 Å². The molecule has 0 aromatic rings. The Labute approximate surface area is 292 Å². The van der Waals surface area contributed by atoms with Crippen molar-refractivity contribution < 1.29 is 37.8 Å². The number of ketones is 1. The van der Waals surface area contributed by atoms with E-state index < -0.39 is 53.3 Å². The first-order chi connectivity index (χ1) is 20.5. The maximum Gasteiger partial charge on any atom is 0.308 e. The van der Waals surface area contributed by atoms with Crippen LogP contribution in [-0.2, 0) is 32.7 Å². The smallest absolute Gasteiger partial charge is 0.308 e. The quantitative estimate of drug-likeness (QED) is 0.0549. The lowest BCUT2D eigenvalue weighted by Gasteiger charge is -2.55. The molecule has 2 fully saturated rings. The molecule has 45 heavy (non-hydrogen) atoms. The Morgan fingerprint density at radius 1 is 1.02 bits per heavy atom. The topological polar surface area (TPSA) is 101 Å². The minimum absolute atomic E-state index is 0.118. The van der Waals surface area contributed by atoms with Crippen molar-refractivity contribution in [3.63, 3.8) is 0 Å². The zero-order valence-corrected chi connectivity index (χ0v) is 34.0. The Balaban J connectivity index is 2.52. The zero-order valence-electron chi connectivity index (χ0n) is 29.1. The summed E-state index contributed by atoms with van der Waals surface area (Å²) in [6, 6.07) is 0. The fraction of sp³-hybridized carbons (Fsp3) is 0.818. The van der Waals surface area contributed by atoms with E-state index in [0.717, 1.165) is 3.58 Å². The molecule has 4 unspecified atom stereocenters. The molecule has 2 aliphatic heterocycles. The number of rotatable bonds is 12. The fourth-order valence-corrected chi connectivity index (χ4v) is 8.58. The number of alkyl halides is 1. The lowest BCUT2D eigenvalue weighted by Crippen LogP contribution is -2.68. The zero-order chi connectivity index (χ0) is 34.5. The standard InChI is InChI=1S/C33H56ClIO8Si2/c1-21(35)19-22(34)13-14-23(36)15-17-25(37)28-30(42-44(9,10)32(2,3)4)31(43-45(11,12)33(5,6)7)29-26(41-28)18-16-24(40-29)20-27(38)39-8/h22,24-26,28-31,37H,1,13-14,16,18-20H2,2-12H3/t22-,24?,25+,26+,28?,29+,30?,31?/m1/s1. The SMILES string of the molecule is C=C(I)C[C@H](Cl)CCC(=O)C#C[C@H](O)C1O[C@H]2CCC(CC(=O)OC)O[C@@H]2C(O[Si](C)(C)C(C)(C)C)C1O[Si](C)(C)C(C)(C)C. The predicted molar refractivity (Wildman–Crippen MR) is 193 cm³/mol. The average molecular weight is 799 g/mol. The minimum Gasteiger partial charge on any atom is -0.469 e. The van der Waals surface area contributed by atoms with Crippen LogP contribution < -0.4 is 0 Å². The predicted octanol–water partition coefficient (Wildman–Crippen LogP) is 7.31. The molecule has 8 atom stereocenters. The van der Waals surface area contributed by atoms with Crippen LogP contribution in [0.3, 0.4) is 0 Å². The molecule has 2 aliphatic rings. The normalized spacial score (nSPS) is 27.4. The summed E-state index contributed by atoms with van der Waals surface area (Å²) in [5.41, 5.74) is 0. The van der Waals surface area contributed by atoms with Gasteiger partial charge >= 0.3 is 5.97 Å². The molecule has 2 heterocycles. The lowest BCUT2D eigenvalue weighted by atomic mass is 9.87. The Morgan fingerprint density at radius 3 is 2.09 bits per heavy atom. The Hall–Kier alpha value is -0.306. The first kappa shape index (κ1) is 40.9. The van der Waals surface area contributed by atoms with Crippen LogP contribution in [0, 0.1) is 11.8 Å². The summed E-state index contributed by atoms with van der Waals surface area (Å²) in [5.74, 6) is 4.79. The number of halogens is 2. The van der Waals surface area contributed by atoms with Crippen molar-refractivity contribution in [3.05, 3.63) is 10.2 Å². The molecular weight excluding hydrogens is 743 g/mol. The maximum absolute atomic E-state index is 12.7. The highest BCUT2D eigenvalue weighted by atomic mass is 127. The van der Waals surface area contributed by atoms with Crippen molar-refractivity contribution in [2.45, 2.75) is 164 Å². The van der Waals surface area contributed by atoms with E-state index in [2.05, 4.69) is 109 Å². The maximum atomic E-state index is 12.7. The highest BCUT2D eigenvalue weighted by Gasteiger charge is 2.56. The summed E-state index contributed by atoms with van der Waals surface area (Å²) in [6.45, 7) is 25.5. The van der Waals surface area contributed by atoms with Gasteiger partial charge in [-0.25, -0.2) is 0 Å². The Morgan fingerprint density at radius 2 is 1.58 bits per heavy atom. The molecule has 2 saturated heterocycles. The number of aliphatic hydroxyl groups excluding tert-OH is 1. The molecule has 0 spiro atoms. The number of aliphatic hydroxyl groups is 1.